The van der Waals surface area contributed by atoms with Crippen molar-refractivity contribution in [2.45, 2.75) is 38.0 Å². The van der Waals surface area contributed by atoms with Gasteiger partial charge in [0, 0.05) is 36.8 Å². The average Bonchev–Trinajstić information content (AvgIpc) is 3.18. The number of aromatic nitrogens is 3. The summed E-state index contributed by atoms with van der Waals surface area (Å²) in [5.41, 5.74) is 3.13. The summed E-state index contributed by atoms with van der Waals surface area (Å²) in [6, 6.07) is 9.77. The van der Waals surface area contributed by atoms with Gasteiger partial charge in [0.25, 0.3) is 11.5 Å². The zero-order valence-corrected chi connectivity index (χ0v) is 16.8. The monoisotopic (exact) mass is 408 g/mol. The Morgan fingerprint density at radius 3 is 2.57 bits per heavy atom. The topological polar surface area (TPSA) is 70.5 Å². The Hall–Kier alpha value is -2.96. The van der Waals surface area contributed by atoms with Gasteiger partial charge < -0.3 is 4.90 Å². The fourth-order valence-electron chi connectivity index (χ4n) is 4.65. The molecule has 1 aliphatic heterocycles. The van der Waals surface area contributed by atoms with E-state index in [1.165, 1.54) is 54.4 Å². The Morgan fingerprint density at radius 2 is 1.87 bits per heavy atom. The number of hydrogen-bond acceptors (Lipinski definition) is 3. The lowest BCUT2D eigenvalue weighted by Gasteiger charge is -2.37. The van der Waals surface area contributed by atoms with E-state index in [4.69, 9.17) is 0 Å². The van der Waals surface area contributed by atoms with Crippen LogP contribution in [0.4, 0.5) is 4.39 Å². The lowest BCUT2D eigenvalue weighted by Crippen LogP contribution is -2.50. The molecule has 3 heterocycles. The number of amides is 1. The number of aromatic amines is 1. The summed E-state index contributed by atoms with van der Waals surface area (Å²) in [5.74, 6) is 0.302. The minimum atomic E-state index is -0.420. The first-order valence-corrected chi connectivity index (χ1v) is 10.7. The van der Waals surface area contributed by atoms with Crippen molar-refractivity contribution < 1.29 is 9.18 Å². The van der Waals surface area contributed by atoms with Gasteiger partial charge in [-0.2, -0.15) is 0 Å². The van der Waals surface area contributed by atoms with Gasteiger partial charge in [0.2, 0.25) is 0 Å². The van der Waals surface area contributed by atoms with Gasteiger partial charge in [-0.1, -0.05) is 43.5 Å². The number of benzene rings is 1. The molecule has 5 rings (SSSR count). The number of rotatable bonds is 4. The first kappa shape index (κ1) is 19.0. The van der Waals surface area contributed by atoms with Gasteiger partial charge in [0.1, 0.15) is 5.56 Å². The second-order valence-corrected chi connectivity index (χ2v) is 8.51. The minimum absolute atomic E-state index is 0.0897. The van der Waals surface area contributed by atoms with Crippen molar-refractivity contribution >= 4 is 11.6 Å². The van der Waals surface area contributed by atoms with Crippen LogP contribution in [0.2, 0.25) is 0 Å². The van der Waals surface area contributed by atoms with Gasteiger partial charge in [-0.15, -0.1) is 0 Å². The average molecular weight is 408 g/mol. The first-order valence-electron chi connectivity index (χ1n) is 10.7. The zero-order chi connectivity index (χ0) is 20.7. The summed E-state index contributed by atoms with van der Waals surface area (Å²) in [7, 11) is 0. The molecular formula is C23H25FN4O2. The molecule has 3 aromatic rings. The lowest BCUT2D eigenvalue weighted by atomic mass is 9.84. The van der Waals surface area contributed by atoms with Crippen LogP contribution in [0.1, 0.15) is 53.9 Å². The molecule has 2 aliphatic rings. The molecule has 0 radical (unpaired) electrons. The molecule has 6 nitrogen and oxygen atoms in total. The summed E-state index contributed by atoms with van der Waals surface area (Å²) in [6.45, 7) is 0.384. The Balaban J connectivity index is 1.45. The van der Waals surface area contributed by atoms with Crippen molar-refractivity contribution in [1.82, 2.24) is 19.5 Å². The number of nitrogens with one attached hydrogen (secondary N) is 1. The summed E-state index contributed by atoms with van der Waals surface area (Å²) >= 11 is 0. The van der Waals surface area contributed by atoms with Gasteiger partial charge in [-0.05, 0) is 24.3 Å². The van der Waals surface area contributed by atoms with Crippen LogP contribution >= 0.6 is 0 Å². The second kappa shape index (κ2) is 7.70. The highest BCUT2D eigenvalue weighted by atomic mass is 19.1. The molecule has 1 amide bonds. The van der Waals surface area contributed by atoms with Gasteiger partial charge in [-0.3, -0.25) is 19.1 Å². The maximum absolute atomic E-state index is 12.8. The maximum atomic E-state index is 12.8. The molecule has 0 bridgehead atoms. The molecule has 1 aromatic carbocycles. The highest BCUT2D eigenvalue weighted by molar-refractivity contribution is 6.00. The smallest absolute Gasteiger partial charge is 0.273 e. The van der Waals surface area contributed by atoms with Crippen molar-refractivity contribution in [3.63, 3.8) is 0 Å². The number of hydrogen-bond donors (Lipinski definition) is 1. The van der Waals surface area contributed by atoms with E-state index in [1.807, 2.05) is 12.1 Å². The standard InChI is InChI=1S/C23H25FN4O2/c24-11-15-13-27(14-15)23(30)19-12-25-28-21(29)10-20(26-22(19)28)18-8-6-17(7-9-18)16-4-2-1-3-5-16/h6-10,12,15-16,25H,1-5,11,13-14H2. The van der Waals surface area contributed by atoms with Crippen LogP contribution in [0.5, 0.6) is 0 Å². The number of alkyl halides is 1. The van der Waals surface area contributed by atoms with Crippen LogP contribution in [0.3, 0.4) is 0 Å². The van der Waals surface area contributed by atoms with E-state index < -0.39 is 6.67 Å². The van der Waals surface area contributed by atoms with Crippen LogP contribution in [-0.2, 0) is 0 Å². The summed E-state index contributed by atoms with van der Waals surface area (Å²) < 4.78 is 14.0. The molecule has 1 N–H and O–H groups in total. The lowest BCUT2D eigenvalue weighted by molar-refractivity contribution is 0.0454. The van der Waals surface area contributed by atoms with E-state index in [9.17, 15) is 14.0 Å². The molecule has 7 heteroatoms. The van der Waals surface area contributed by atoms with Crippen LogP contribution in [0.15, 0.2) is 41.3 Å². The molecular weight excluding hydrogens is 383 g/mol. The van der Waals surface area contributed by atoms with E-state index in [2.05, 4.69) is 22.2 Å². The summed E-state index contributed by atoms with van der Waals surface area (Å²) in [6.07, 6.45) is 7.87. The fraction of sp³-hybridized carbons (Fsp3) is 0.435. The minimum Gasteiger partial charge on any atom is -0.338 e. The summed E-state index contributed by atoms with van der Waals surface area (Å²) in [5, 5.41) is 2.82. The molecule has 2 fully saturated rings. The maximum Gasteiger partial charge on any atom is 0.273 e. The Labute approximate surface area is 173 Å². The van der Waals surface area contributed by atoms with Crippen molar-refractivity contribution in [1.29, 1.82) is 0 Å². The first-order chi connectivity index (χ1) is 14.6. The third-order valence-corrected chi connectivity index (χ3v) is 6.47. The molecule has 30 heavy (non-hydrogen) atoms. The molecule has 0 atom stereocenters. The quantitative estimate of drug-likeness (QED) is 0.714. The van der Waals surface area contributed by atoms with Crippen molar-refractivity contribution in [3.05, 3.63) is 58.0 Å². The van der Waals surface area contributed by atoms with Gasteiger partial charge >= 0.3 is 0 Å². The van der Waals surface area contributed by atoms with Crippen LogP contribution in [0, 0.1) is 5.92 Å². The largest absolute Gasteiger partial charge is 0.338 e. The fourth-order valence-corrected chi connectivity index (χ4v) is 4.65. The number of H-pyrrole nitrogens is 1. The zero-order valence-electron chi connectivity index (χ0n) is 16.8. The molecule has 1 aliphatic carbocycles. The Morgan fingerprint density at radius 1 is 1.13 bits per heavy atom. The van der Waals surface area contributed by atoms with E-state index >= 15 is 0 Å². The highest BCUT2D eigenvalue weighted by Gasteiger charge is 2.32. The van der Waals surface area contributed by atoms with E-state index in [1.54, 1.807) is 4.90 Å². The third kappa shape index (κ3) is 3.32. The predicted octanol–water partition coefficient (Wildman–Crippen LogP) is 3.78. The molecule has 0 unspecified atom stereocenters. The van der Waals surface area contributed by atoms with Crippen LogP contribution in [-0.4, -0.2) is 45.2 Å². The predicted molar refractivity (Wildman–Crippen MR) is 112 cm³/mol. The molecule has 1 saturated carbocycles. The number of halogens is 1. The molecule has 156 valence electrons. The van der Waals surface area contributed by atoms with Crippen molar-refractivity contribution in [2.24, 2.45) is 5.92 Å². The molecule has 2 aromatic heterocycles. The summed E-state index contributed by atoms with van der Waals surface area (Å²) in [4.78, 5) is 31.6. The number of carbonyl (C=O) groups excluding carboxylic acids is 1. The van der Waals surface area contributed by atoms with Gasteiger partial charge in [0.05, 0.1) is 12.4 Å². The Bertz CT molecular complexity index is 1120. The van der Waals surface area contributed by atoms with E-state index in [0.717, 1.165) is 5.56 Å². The second-order valence-electron chi connectivity index (χ2n) is 8.51. The van der Waals surface area contributed by atoms with Crippen molar-refractivity contribution in [2.75, 3.05) is 19.8 Å². The van der Waals surface area contributed by atoms with Gasteiger partial charge in [0.15, 0.2) is 5.65 Å². The van der Waals surface area contributed by atoms with E-state index in [-0.39, 0.29) is 17.4 Å². The normalized spacial score (nSPS) is 18.0. The van der Waals surface area contributed by atoms with Gasteiger partial charge in [-0.25, -0.2) is 9.50 Å². The number of likely N-dealkylation sites (tertiary alicyclic amines) is 1. The Kier molecular flexibility index (Phi) is 4.89. The number of carbonyl (C=O) groups is 1. The highest BCUT2D eigenvalue weighted by Crippen LogP contribution is 2.33. The van der Waals surface area contributed by atoms with Crippen LogP contribution in [0.25, 0.3) is 16.9 Å². The van der Waals surface area contributed by atoms with E-state index in [0.29, 0.717) is 35.9 Å². The molecule has 0 spiro atoms. The third-order valence-electron chi connectivity index (χ3n) is 6.47. The van der Waals surface area contributed by atoms with Crippen molar-refractivity contribution in [3.8, 4) is 11.3 Å². The van der Waals surface area contributed by atoms with Crippen LogP contribution < -0.4 is 5.56 Å². The number of nitrogens with zero attached hydrogens (tertiary/aromatic N) is 3. The number of fused-ring (bicyclic) bond motifs is 1. The SMILES string of the molecule is O=C(c1c[nH]n2c(=O)cc(-c3ccc(C4CCCCC4)cc3)nc12)N1CC(CF)C1. The molecule has 1 saturated heterocycles.